The van der Waals surface area contributed by atoms with Crippen LogP contribution in [0.5, 0.6) is 0 Å². The number of aromatic nitrogens is 2. The van der Waals surface area contributed by atoms with Gasteiger partial charge in [0.05, 0.1) is 35.1 Å². The van der Waals surface area contributed by atoms with E-state index < -0.39 is 5.92 Å². The molecule has 1 atom stereocenters. The van der Waals surface area contributed by atoms with E-state index in [1.165, 1.54) is 7.11 Å². The first-order chi connectivity index (χ1) is 10.9. The molecule has 0 bridgehead atoms. The van der Waals surface area contributed by atoms with Crippen LogP contribution in [-0.4, -0.2) is 22.6 Å². The van der Waals surface area contributed by atoms with Crippen molar-refractivity contribution >= 4 is 29.2 Å². The van der Waals surface area contributed by atoms with Crippen molar-refractivity contribution in [2.24, 2.45) is 5.92 Å². The predicted octanol–water partition coefficient (Wildman–Crippen LogP) is 4.35. The second-order valence-electron chi connectivity index (χ2n) is 5.91. The minimum absolute atomic E-state index is 0.318. The minimum atomic E-state index is -0.461. The molecule has 1 unspecified atom stereocenters. The third kappa shape index (κ3) is 4.72. The number of methoxy groups -OCH3 is 1. The van der Waals surface area contributed by atoms with Gasteiger partial charge in [-0.15, -0.1) is 0 Å². The summed E-state index contributed by atoms with van der Waals surface area (Å²) >= 11 is 12.0. The Balaban J connectivity index is 2.23. The highest BCUT2D eigenvalue weighted by molar-refractivity contribution is 6.42. The second-order valence-corrected chi connectivity index (χ2v) is 6.72. The Labute approximate surface area is 146 Å². The normalized spacial score (nSPS) is 12.4. The number of imidazole rings is 1. The van der Waals surface area contributed by atoms with Crippen LogP contribution < -0.4 is 0 Å². The van der Waals surface area contributed by atoms with Gasteiger partial charge in [-0.05, 0) is 23.6 Å². The molecule has 0 saturated heterocycles. The third-order valence-corrected chi connectivity index (χ3v) is 4.25. The van der Waals surface area contributed by atoms with Crippen molar-refractivity contribution in [3.63, 3.8) is 0 Å². The molecular formula is C17H20Cl2N2O2. The molecule has 0 amide bonds. The number of rotatable bonds is 6. The summed E-state index contributed by atoms with van der Waals surface area (Å²) in [6, 6.07) is 5.18. The summed E-state index contributed by atoms with van der Waals surface area (Å²) in [5.74, 6) is -0.248. The molecule has 23 heavy (non-hydrogen) atoms. The van der Waals surface area contributed by atoms with Gasteiger partial charge in [0.1, 0.15) is 0 Å². The molecule has 6 heteroatoms. The lowest BCUT2D eigenvalue weighted by Crippen LogP contribution is -2.17. The van der Waals surface area contributed by atoms with Gasteiger partial charge >= 0.3 is 5.97 Å². The fourth-order valence-corrected chi connectivity index (χ4v) is 2.76. The van der Waals surface area contributed by atoms with E-state index in [-0.39, 0.29) is 5.97 Å². The van der Waals surface area contributed by atoms with Gasteiger partial charge in [0, 0.05) is 19.2 Å². The van der Waals surface area contributed by atoms with E-state index in [2.05, 4.69) is 18.8 Å². The average molecular weight is 355 g/mol. The lowest BCUT2D eigenvalue weighted by Gasteiger charge is -2.14. The highest BCUT2D eigenvalue weighted by Gasteiger charge is 2.23. The number of carbonyl (C=O) groups is 1. The van der Waals surface area contributed by atoms with Gasteiger partial charge in [-0.2, -0.15) is 0 Å². The van der Waals surface area contributed by atoms with E-state index in [1.54, 1.807) is 24.5 Å². The largest absolute Gasteiger partial charge is 0.469 e. The van der Waals surface area contributed by atoms with Crippen LogP contribution in [0, 0.1) is 5.92 Å². The van der Waals surface area contributed by atoms with Gasteiger partial charge in [-0.3, -0.25) is 4.79 Å². The molecule has 0 radical (unpaired) electrons. The molecular weight excluding hydrogens is 335 g/mol. The summed E-state index contributed by atoms with van der Waals surface area (Å²) in [7, 11) is 1.38. The third-order valence-electron chi connectivity index (χ3n) is 3.51. The molecule has 0 aliphatic carbocycles. The number of carbonyl (C=O) groups excluding carboxylic acids is 1. The number of benzene rings is 1. The quantitative estimate of drug-likeness (QED) is 0.724. The molecule has 1 aromatic carbocycles. The summed E-state index contributed by atoms with van der Waals surface area (Å²) in [6.07, 6.45) is 4.21. The Morgan fingerprint density at radius 3 is 2.65 bits per heavy atom. The second kappa shape index (κ2) is 7.84. The maximum atomic E-state index is 12.2. The molecule has 0 saturated carbocycles. The summed E-state index contributed by atoms with van der Waals surface area (Å²) in [5, 5.41) is 0.878. The van der Waals surface area contributed by atoms with Crippen molar-refractivity contribution in [3.05, 3.63) is 52.0 Å². The minimum Gasteiger partial charge on any atom is -0.469 e. The van der Waals surface area contributed by atoms with Crippen LogP contribution >= 0.6 is 23.2 Å². The molecule has 124 valence electrons. The molecule has 0 aliphatic rings. The number of hydrogen-bond donors (Lipinski definition) is 0. The van der Waals surface area contributed by atoms with Crippen molar-refractivity contribution in [1.29, 1.82) is 0 Å². The zero-order chi connectivity index (χ0) is 17.0. The summed E-state index contributed by atoms with van der Waals surface area (Å²) in [4.78, 5) is 16.6. The molecule has 0 N–H and O–H groups in total. The zero-order valence-corrected chi connectivity index (χ0v) is 14.9. The highest BCUT2D eigenvalue weighted by atomic mass is 35.5. The van der Waals surface area contributed by atoms with E-state index >= 15 is 0 Å². The number of hydrogen-bond acceptors (Lipinski definition) is 3. The Kier molecular flexibility index (Phi) is 6.08. The Hall–Kier alpha value is -1.52. The highest BCUT2D eigenvalue weighted by Crippen LogP contribution is 2.29. The first kappa shape index (κ1) is 17.8. The van der Waals surface area contributed by atoms with Gasteiger partial charge < -0.3 is 9.30 Å². The molecule has 2 aromatic rings. The molecule has 0 aliphatic heterocycles. The first-order valence-electron chi connectivity index (χ1n) is 7.44. The smallest absolute Gasteiger partial charge is 0.313 e. The average Bonchev–Trinajstić information content (AvgIpc) is 2.93. The first-order valence-corrected chi connectivity index (χ1v) is 8.19. The summed E-state index contributed by atoms with van der Waals surface area (Å²) < 4.78 is 6.96. The lowest BCUT2D eigenvalue weighted by atomic mass is 9.94. The molecule has 1 aromatic heterocycles. The zero-order valence-electron chi connectivity index (χ0n) is 13.4. The number of ether oxygens (including phenoxy) is 1. The molecule has 2 rings (SSSR count). The van der Waals surface area contributed by atoms with E-state index in [4.69, 9.17) is 27.9 Å². The van der Waals surface area contributed by atoms with E-state index in [0.717, 1.165) is 17.8 Å². The van der Waals surface area contributed by atoms with Crippen molar-refractivity contribution < 1.29 is 9.53 Å². The lowest BCUT2D eigenvalue weighted by molar-refractivity contribution is -0.142. The fraction of sp³-hybridized carbons (Fsp3) is 0.412. The maximum absolute atomic E-state index is 12.2. The predicted molar refractivity (Wildman–Crippen MR) is 92.0 cm³/mol. The van der Waals surface area contributed by atoms with Crippen LogP contribution in [0.15, 0.2) is 30.7 Å². The van der Waals surface area contributed by atoms with Crippen LogP contribution in [0.25, 0.3) is 0 Å². The van der Waals surface area contributed by atoms with Crippen molar-refractivity contribution in [2.45, 2.75) is 32.7 Å². The van der Waals surface area contributed by atoms with Gasteiger partial charge in [0.25, 0.3) is 0 Å². The Morgan fingerprint density at radius 2 is 2.04 bits per heavy atom. The van der Waals surface area contributed by atoms with Crippen LogP contribution in [0.4, 0.5) is 0 Å². The van der Waals surface area contributed by atoms with Gasteiger partial charge in [-0.1, -0.05) is 43.1 Å². The van der Waals surface area contributed by atoms with Crippen molar-refractivity contribution in [2.75, 3.05) is 7.11 Å². The Morgan fingerprint density at radius 1 is 1.30 bits per heavy atom. The monoisotopic (exact) mass is 354 g/mol. The Bertz CT molecular complexity index is 683. The topological polar surface area (TPSA) is 44.1 Å². The number of esters is 1. The molecule has 1 heterocycles. The van der Waals surface area contributed by atoms with E-state index in [9.17, 15) is 4.79 Å². The van der Waals surface area contributed by atoms with Crippen LogP contribution in [0.1, 0.15) is 31.0 Å². The van der Waals surface area contributed by atoms with Gasteiger partial charge in [-0.25, -0.2) is 4.98 Å². The van der Waals surface area contributed by atoms with Crippen LogP contribution in [0.2, 0.25) is 10.0 Å². The molecule has 0 fully saturated rings. The standard InChI is InChI=1S/C17H20Cl2N2O2/c1-11(2)8-21-9-13(20-10-21)7-14(17(22)23-3)12-4-5-15(18)16(19)6-12/h4-6,9-11,14H,7-8H2,1-3H3. The van der Waals surface area contributed by atoms with Crippen LogP contribution in [-0.2, 0) is 22.5 Å². The summed E-state index contributed by atoms with van der Waals surface area (Å²) in [6.45, 7) is 5.18. The van der Waals surface area contributed by atoms with Gasteiger partial charge in [0.2, 0.25) is 0 Å². The van der Waals surface area contributed by atoms with Gasteiger partial charge in [0.15, 0.2) is 0 Å². The van der Waals surface area contributed by atoms with E-state index in [0.29, 0.717) is 22.4 Å². The number of nitrogens with zero attached hydrogens (tertiary/aromatic N) is 2. The molecule has 0 spiro atoms. The van der Waals surface area contributed by atoms with Crippen LogP contribution in [0.3, 0.4) is 0 Å². The van der Waals surface area contributed by atoms with E-state index in [1.807, 2.05) is 10.8 Å². The van der Waals surface area contributed by atoms with Crippen molar-refractivity contribution in [1.82, 2.24) is 9.55 Å². The number of halogens is 2. The maximum Gasteiger partial charge on any atom is 0.313 e. The summed E-state index contributed by atoms with van der Waals surface area (Å²) in [5.41, 5.74) is 1.61. The fourth-order valence-electron chi connectivity index (χ4n) is 2.45. The SMILES string of the molecule is COC(=O)C(Cc1cn(CC(C)C)cn1)c1ccc(Cl)c(Cl)c1. The van der Waals surface area contributed by atoms with Crippen molar-refractivity contribution in [3.8, 4) is 0 Å². The molecule has 4 nitrogen and oxygen atoms in total.